The largest absolute Gasteiger partial charge is 0.450 e. The number of benzene rings is 2. The van der Waals surface area contributed by atoms with Crippen molar-refractivity contribution < 1.29 is 9.47 Å². The summed E-state index contributed by atoms with van der Waals surface area (Å²) in [5.41, 5.74) is 0. The molecular weight excluding hydrogens is 212 g/mol. The molecule has 0 fully saturated rings. The first kappa shape index (κ1) is 9.87. The Morgan fingerprint density at radius 3 is 1.07 bits per heavy atom. The highest BCUT2D eigenvalue weighted by Gasteiger charge is 2.16. The van der Waals surface area contributed by atoms with Gasteiger partial charge in [-0.05, 0) is 24.3 Å². The third kappa shape index (κ3) is 1.64. The Bertz CT molecular complexity index is 395. The molecule has 2 nitrogen and oxygen atoms in total. The van der Waals surface area contributed by atoms with Crippen molar-refractivity contribution in [3.05, 3.63) is 48.5 Å². The maximum Gasteiger partial charge on any atom is 0.170 e. The molecule has 1 heterocycles. The molecule has 0 saturated carbocycles. The molecular formula is C12H9ClO2. The number of hydrogen-bond acceptors (Lipinski definition) is 2. The minimum Gasteiger partial charge on any atom is -0.450 e. The van der Waals surface area contributed by atoms with Crippen molar-refractivity contribution in [2.45, 2.75) is 0 Å². The summed E-state index contributed by atoms with van der Waals surface area (Å²) in [6.07, 6.45) is 0. The van der Waals surface area contributed by atoms with Gasteiger partial charge in [0.05, 0.1) is 0 Å². The van der Waals surface area contributed by atoms with Crippen LogP contribution in [0.5, 0.6) is 23.0 Å². The first-order valence-corrected chi connectivity index (χ1v) is 4.47. The van der Waals surface area contributed by atoms with E-state index in [9.17, 15) is 0 Å². The van der Waals surface area contributed by atoms with Gasteiger partial charge >= 0.3 is 0 Å². The summed E-state index contributed by atoms with van der Waals surface area (Å²) in [6, 6.07) is 15.3. The molecule has 3 heteroatoms. The topological polar surface area (TPSA) is 18.5 Å². The minimum atomic E-state index is 0. The van der Waals surface area contributed by atoms with Gasteiger partial charge in [0.25, 0.3) is 0 Å². The fourth-order valence-electron chi connectivity index (χ4n) is 1.47. The fourth-order valence-corrected chi connectivity index (χ4v) is 1.47. The van der Waals surface area contributed by atoms with Crippen molar-refractivity contribution in [3.63, 3.8) is 0 Å². The summed E-state index contributed by atoms with van der Waals surface area (Å²) in [6.45, 7) is 0. The van der Waals surface area contributed by atoms with Crippen LogP contribution < -0.4 is 9.47 Å². The highest BCUT2D eigenvalue weighted by Crippen LogP contribution is 2.44. The molecule has 0 aromatic heterocycles. The predicted octanol–water partition coefficient (Wildman–Crippen LogP) is 4.01. The zero-order chi connectivity index (χ0) is 9.38. The molecule has 0 amide bonds. The van der Waals surface area contributed by atoms with E-state index >= 15 is 0 Å². The molecule has 2 aromatic carbocycles. The van der Waals surface area contributed by atoms with Gasteiger partial charge < -0.3 is 9.47 Å². The quantitative estimate of drug-likeness (QED) is 0.570. The molecule has 0 atom stereocenters. The standard InChI is InChI=1S/C12H8O2.ClH/c1-2-6-10-9(5-1)13-11-7-3-4-8-12(11)14-10;/h1-8H;1H. The SMILES string of the molecule is Cl.c1ccc2c(c1)Oc1ccccc1O2. The van der Waals surface area contributed by atoms with Crippen molar-refractivity contribution in [2.75, 3.05) is 0 Å². The molecule has 2 aromatic rings. The normalized spacial score (nSPS) is 11.2. The Morgan fingerprint density at radius 1 is 0.533 bits per heavy atom. The zero-order valence-electron chi connectivity index (χ0n) is 7.84. The molecule has 0 saturated heterocycles. The Morgan fingerprint density at radius 2 is 0.800 bits per heavy atom. The van der Waals surface area contributed by atoms with E-state index in [0.717, 1.165) is 23.0 Å². The van der Waals surface area contributed by atoms with Crippen LogP contribution in [0.4, 0.5) is 0 Å². The number of fused-ring (bicyclic) bond motifs is 2. The van der Waals surface area contributed by atoms with Gasteiger partial charge in [0.2, 0.25) is 0 Å². The van der Waals surface area contributed by atoms with E-state index in [-0.39, 0.29) is 12.4 Å². The minimum absolute atomic E-state index is 0. The van der Waals surface area contributed by atoms with E-state index in [1.807, 2.05) is 48.5 Å². The van der Waals surface area contributed by atoms with E-state index in [4.69, 9.17) is 9.47 Å². The van der Waals surface area contributed by atoms with Crippen LogP contribution in [0.25, 0.3) is 0 Å². The number of rotatable bonds is 0. The summed E-state index contributed by atoms with van der Waals surface area (Å²) < 4.78 is 11.3. The Hall–Kier alpha value is -1.67. The second-order valence-electron chi connectivity index (χ2n) is 3.10. The number of hydrogen-bond donors (Lipinski definition) is 0. The van der Waals surface area contributed by atoms with Crippen LogP contribution in [0, 0.1) is 0 Å². The van der Waals surface area contributed by atoms with E-state index in [2.05, 4.69) is 0 Å². The highest BCUT2D eigenvalue weighted by atomic mass is 35.5. The number of para-hydroxylation sites is 4. The van der Waals surface area contributed by atoms with Gasteiger partial charge in [0.1, 0.15) is 0 Å². The van der Waals surface area contributed by atoms with Crippen molar-refractivity contribution >= 4 is 12.4 Å². The molecule has 0 spiro atoms. The van der Waals surface area contributed by atoms with Crippen LogP contribution in [0.3, 0.4) is 0 Å². The van der Waals surface area contributed by atoms with E-state index < -0.39 is 0 Å². The third-order valence-electron chi connectivity index (χ3n) is 2.14. The fraction of sp³-hybridized carbons (Fsp3) is 0. The van der Waals surface area contributed by atoms with Crippen LogP contribution in [0.1, 0.15) is 0 Å². The number of ether oxygens (including phenoxy) is 2. The lowest BCUT2D eigenvalue weighted by Crippen LogP contribution is -1.97. The average Bonchev–Trinajstić information content (AvgIpc) is 2.26. The first-order valence-electron chi connectivity index (χ1n) is 4.47. The second kappa shape index (κ2) is 3.83. The predicted molar refractivity (Wildman–Crippen MR) is 60.3 cm³/mol. The van der Waals surface area contributed by atoms with Gasteiger partial charge in [-0.1, -0.05) is 24.3 Å². The average molecular weight is 221 g/mol. The van der Waals surface area contributed by atoms with Crippen LogP contribution >= 0.6 is 12.4 Å². The molecule has 0 aliphatic carbocycles. The van der Waals surface area contributed by atoms with Gasteiger partial charge in [-0.15, -0.1) is 12.4 Å². The van der Waals surface area contributed by atoms with Gasteiger partial charge in [-0.2, -0.15) is 0 Å². The third-order valence-corrected chi connectivity index (χ3v) is 2.14. The molecule has 3 rings (SSSR count). The lowest BCUT2D eigenvalue weighted by Gasteiger charge is -2.19. The van der Waals surface area contributed by atoms with Crippen molar-refractivity contribution in [3.8, 4) is 23.0 Å². The van der Waals surface area contributed by atoms with Crippen molar-refractivity contribution in [1.82, 2.24) is 0 Å². The first-order chi connectivity index (χ1) is 6.93. The Labute approximate surface area is 93.9 Å². The van der Waals surface area contributed by atoms with Crippen LogP contribution in [-0.2, 0) is 0 Å². The summed E-state index contributed by atoms with van der Waals surface area (Å²) in [5, 5.41) is 0. The molecule has 0 bridgehead atoms. The summed E-state index contributed by atoms with van der Waals surface area (Å²) in [4.78, 5) is 0. The Kier molecular flexibility index (Phi) is 2.52. The summed E-state index contributed by atoms with van der Waals surface area (Å²) in [7, 11) is 0. The lowest BCUT2D eigenvalue weighted by atomic mass is 10.2. The molecule has 0 radical (unpaired) electrons. The molecule has 0 unspecified atom stereocenters. The monoisotopic (exact) mass is 220 g/mol. The summed E-state index contributed by atoms with van der Waals surface area (Å²) in [5.74, 6) is 3.08. The van der Waals surface area contributed by atoms with Gasteiger partial charge in [0.15, 0.2) is 23.0 Å². The highest BCUT2D eigenvalue weighted by molar-refractivity contribution is 5.85. The summed E-state index contributed by atoms with van der Waals surface area (Å²) >= 11 is 0. The second-order valence-corrected chi connectivity index (χ2v) is 3.10. The van der Waals surface area contributed by atoms with Crippen LogP contribution in [-0.4, -0.2) is 0 Å². The zero-order valence-corrected chi connectivity index (χ0v) is 8.66. The van der Waals surface area contributed by atoms with E-state index in [1.54, 1.807) is 0 Å². The van der Waals surface area contributed by atoms with Crippen LogP contribution in [0.2, 0.25) is 0 Å². The van der Waals surface area contributed by atoms with Gasteiger partial charge in [-0.3, -0.25) is 0 Å². The maximum atomic E-state index is 5.65. The number of halogens is 1. The van der Waals surface area contributed by atoms with E-state index in [0.29, 0.717) is 0 Å². The molecule has 76 valence electrons. The van der Waals surface area contributed by atoms with Crippen LogP contribution in [0.15, 0.2) is 48.5 Å². The maximum absolute atomic E-state index is 5.65. The van der Waals surface area contributed by atoms with Crippen molar-refractivity contribution in [1.29, 1.82) is 0 Å². The van der Waals surface area contributed by atoms with E-state index in [1.165, 1.54) is 0 Å². The molecule has 15 heavy (non-hydrogen) atoms. The molecule has 1 aliphatic heterocycles. The van der Waals surface area contributed by atoms with Crippen molar-refractivity contribution in [2.24, 2.45) is 0 Å². The lowest BCUT2D eigenvalue weighted by molar-refractivity contribution is 0.359. The smallest absolute Gasteiger partial charge is 0.170 e. The van der Waals surface area contributed by atoms with Gasteiger partial charge in [-0.25, -0.2) is 0 Å². The Balaban J connectivity index is 0.000000853. The molecule has 1 aliphatic rings. The van der Waals surface area contributed by atoms with Gasteiger partial charge in [0, 0.05) is 0 Å². The molecule has 0 N–H and O–H groups in total.